The van der Waals surface area contributed by atoms with Gasteiger partial charge in [0.05, 0.1) is 16.8 Å². The Morgan fingerprint density at radius 1 is 1.06 bits per heavy atom. The summed E-state index contributed by atoms with van der Waals surface area (Å²) in [6, 6.07) is 6.49. The summed E-state index contributed by atoms with van der Waals surface area (Å²) in [6.45, 7) is 2.34. The molecule has 2 aromatic carbocycles. The molecule has 0 aliphatic carbocycles. The quantitative estimate of drug-likeness (QED) is 0.618. The summed E-state index contributed by atoms with van der Waals surface area (Å²) in [6.07, 6.45) is -3.48. The van der Waals surface area contributed by atoms with E-state index in [0.29, 0.717) is 26.2 Å². The molecule has 6 nitrogen and oxygen atoms in total. The minimum Gasteiger partial charge on any atom is -0.477 e. The number of rotatable bonds is 3. The van der Waals surface area contributed by atoms with Gasteiger partial charge in [0.25, 0.3) is 0 Å². The van der Waals surface area contributed by atoms with Crippen LogP contribution in [-0.4, -0.2) is 41.8 Å². The number of alkyl halides is 3. The first kappa shape index (κ1) is 20.9. The van der Waals surface area contributed by atoms with Crippen LogP contribution in [0.3, 0.4) is 0 Å². The molecule has 0 atom stereocenters. The summed E-state index contributed by atoms with van der Waals surface area (Å²) < 4.78 is 54.9. The fourth-order valence-corrected chi connectivity index (χ4v) is 3.66. The number of hydrogen-bond donors (Lipinski definition) is 2. The highest BCUT2D eigenvalue weighted by Gasteiger charge is 2.30. The van der Waals surface area contributed by atoms with Crippen molar-refractivity contribution in [2.75, 3.05) is 31.1 Å². The van der Waals surface area contributed by atoms with Crippen LogP contribution in [-0.2, 0) is 6.18 Å². The van der Waals surface area contributed by atoms with Crippen LogP contribution < -0.4 is 15.6 Å². The van der Waals surface area contributed by atoms with E-state index in [0.717, 1.165) is 24.4 Å². The number of pyridine rings is 1. The first-order valence-corrected chi connectivity index (χ1v) is 9.42. The minimum absolute atomic E-state index is 0.170. The van der Waals surface area contributed by atoms with E-state index in [2.05, 4.69) is 5.32 Å². The second kappa shape index (κ2) is 7.69. The van der Waals surface area contributed by atoms with Crippen molar-refractivity contribution in [2.24, 2.45) is 0 Å². The molecule has 162 valence electrons. The molecule has 0 unspecified atom stereocenters. The van der Waals surface area contributed by atoms with Crippen LogP contribution in [0.5, 0.6) is 0 Å². The van der Waals surface area contributed by atoms with Crippen molar-refractivity contribution in [2.45, 2.75) is 6.18 Å². The Kier molecular flexibility index (Phi) is 5.18. The lowest BCUT2D eigenvalue weighted by atomic mass is 10.1. The van der Waals surface area contributed by atoms with Gasteiger partial charge >= 0.3 is 12.1 Å². The van der Waals surface area contributed by atoms with E-state index in [9.17, 15) is 32.3 Å². The van der Waals surface area contributed by atoms with Crippen LogP contribution in [0.4, 0.5) is 23.2 Å². The Morgan fingerprint density at radius 2 is 1.71 bits per heavy atom. The van der Waals surface area contributed by atoms with Crippen LogP contribution >= 0.6 is 0 Å². The number of carbonyl (C=O) groups is 1. The van der Waals surface area contributed by atoms with Crippen LogP contribution in [0, 0.1) is 5.82 Å². The van der Waals surface area contributed by atoms with Gasteiger partial charge in [-0.05, 0) is 36.4 Å². The predicted octanol–water partition coefficient (Wildman–Crippen LogP) is 3.26. The number of hydrogen-bond acceptors (Lipinski definition) is 4. The summed E-state index contributed by atoms with van der Waals surface area (Å²) >= 11 is 0. The van der Waals surface area contributed by atoms with Crippen molar-refractivity contribution >= 4 is 22.6 Å². The fourth-order valence-electron chi connectivity index (χ4n) is 3.66. The molecule has 2 heterocycles. The molecule has 1 saturated heterocycles. The first-order valence-electron chi connectivity index (χ1n) is 9.42. The minimum atomic E-state index is -4.53. The zero-order valence-electron chi connectivity index (χ0n) is 16.0. The zero-order chi connectivity index (χ0) is 22.3. The maximum atomic E-state index is 14.9. The number of nitrogens with one attached hydrogen (secondary N) is 1. The van der Waals surface area contributed by atoms with Crippen molar-refractivity contribution in [3.05, 3.63) is 69.8 Å². The number of carboxylic acids is 1. The maximum absolute atomic E-state index is 14.9. The van der Waals surface area contributed by atoms with Crippen LogP contribution in [0.15, 0.2) is 47.4 Å². The molecule has 1 aromatic heterocycles. The summed E-state index contributed by atoms with van der Waals surface area (Å²) in [5.74, 6) is -2.19. The average molecular weight is 435 g/mol. The number of aromatic nitrogens is 1. The third-order valence-electron chi connectivity index (χ3n) is 5.23. The van der Waals surface area contributed by atoms with Gasteiger partial charge in [-0.3, -0.25) is 4.79 Å². The number of benzene rings is 2. The highest BCUT2D eigenvalue weighted by atomic mass is 19.4. The largest absolute Gasteiger partial charge is 0.477 e. The van der Waals surface area contributed by atoms with Crippen molar-refractivity contribution in [3.8, 4) is 5.69 Å². The van der Waals surface area contributed by atoms with Crippen molar-refractivity contribution in [1.29, 1.82) is 0 Å². The Labute approximate surface area is 173 Å². The van der Waals surface area contributed by atoms with Gasteiger partial charge in [0.2, 0.25) is 5.43 Å². The molecular weight excluding hydrogens is 418 g/mol. The molecular formula is C21H17F4N3O3. The summed E-state index contributed by atoms with van der Waals surface area (Å²) in [5.41, 5.74) is -1.70. The third-order valence-corrected chi connectivity index (χ3v) is 5.23. The Hall–Kier alpha value is -3.40. The van der Waals surface area contributed by atoms with Crippen LogP contribution in [0.1, 0.15) is 15.9 Å². The van der Waals surface area contributed by atoms with Gasteiger partial charge in [0.15, 0.2) is 0 Å². The van der Waals surface area contributed by atoms with E-state index >= 15 is 0 Å². The van der Waals surface area contributed by atoms with Crippen molar-refractivity contribution in [1.82, 2.24) is 9.88 Å². The van der Waals surface area contributed by atoms with Crippen molar-refractivity contribution < 1.29 is 27.5 Å². The summed E-state index contributed by atoms with van der Waals surface area (Å²) in [5, 5.41) is 12.4. The number of aromatic carboxylic acids is 1. The van der Waals surface area contributed by atoms with Crippen molar-refractivity contribution in [3.63, 3.8) is 0 Å². The Bertz CT molecular complexity index is 1210. The lowest BCUT2D eigenvalue weighted by Crippen LogP contribution is -2.43. The predicted molar refractivity (Wildman–Crippen MR) is 107 cm³/mol. The molecule has 0 amide bonds. The molecule has 31 heavy (non-hydrogen) atoms. The van der Waals surface area contributed by atoms with Gasteiger partial charge in [-0.25, -0.2) is 9.18 Å². The number of fused-ring (bicyclic) bond motifs is 1. The maximum Gasteiger partial charge on any atom is 0.416 e. The number of anilines is 1. The standard InChI is InChI=1S/C21H17F4N3O3/c22-16-9-14-17(10-18(16)27-7-5-26-6-8-27)28(11-15(19(14)29)20(30)31)13-3-1-12(2-4-13)21(23,24)25/h1-4,9-11,26H,5-8H2,(H,30,31). The lowest BCUT2D eigenvalue weighted by Gasteiger charge is -2.30. The fraction of sp³-hybridized carbons (Fsp3) is 0.238. The SMILES string of the molecule is O=C(O)c1cn(-c2ccc(C(F)(F)F)cc2)c2cc(N3CCNCC3)c(F)cc2c1=O. The van der Waals surface area contributed by atoms with E-state index in [1.54, 1.807) is 4.90 Å². The third kappa shape index (κ3) is 3.86. The second-order valence-electron chi connectivity index (χ2n) is 7.15. The van der Waals surface area contributed by atoms with E-state index in [-0.39, 0.29) is 22.3 Å². The molecule has 0 radical (unpaired) electrons. The van der Waals surface area contributed by atoms with Gasteiger partial charge < -0.3 is 19.9 Å². The highest BCUT2D eigenvalue weighted by Crippen LogP contribution is 2.31. The van der Waals surface area contributed by atoms with E-state index < -0.39 is 34.5 Å². The average Bonchev–Trinajstić information content (AvgIpc) is 2.74. The second-order valence-corrected chi connectivity index (χ2v) is 7.15. The van der Waals surface area contributed by atoms with Gasteiger partial charge in [-0.2, -0.15) is 13.2 Å². The molecule has 1 aliphatic rings. The van der Waals surface area contributed by atoms with Crippen LogP contribution in [0.25, 0.3) is 16.6 Å². The molecule has 3 aromatic rings. The Balaban J connectivity index is 1.96. The Morgan fingerprint density at radius 3 is 2.29 bits per heavy atom. The topological polar surface area (TPSA) is 74.6 Å². The number of halogens is 4. The molecule has 1 aliphatic heterocycles. The molecule has 0 bridgehead atoms. The number of nitrogens with zero attached hydrogens (tertiary/aromatic N) is 2. The molecule has 1 fully saturated rings. The van der Waals surface area contributed by atoms with E-state index in [1.165, 1.54) is 22.8 Å². The number of piperazine rings is 1. The lowest BCUT2D eigenvalue weighted by molar-refractivity contribution is -0.137. The summed E-state index contributed by atoms with van der Waals surface area (Å²) in [7, 11) is 0. The van der Waals surface area contributed by atoms with Gasteiger partial charge in [-0.15, -0.1) is 0 Å². The summed E-state index contributed by atoms with van der Waals surface area (Å²) in [4.78, 5) is 26.0. The van der Waals surface area contributed by atoms with Crippen LogP contribution in [0.2, 0.25) is 0 Å². The molecule has 2 N–H and O–H groups in total. The highest BCUT2D eigenvalue weighted by molar-refractivity contribution is 5.94. The normalized spacial score (nSPS) is 14.8. The molecule has 10 heteroatoms. The smallest absolute Gasteiger partial charge is 0.416 e. The van der Waals surface area contributed by atoms with E-state index in [1.807, 2.05) is 0 Å². The molecule has 4 rings (SSSR count). The van der Waals surface area contributed by atoms with Gasteiger partial charge in [0, 0.05) is 43.4 Å². The monoisotopic (exact) mass is 435 g/mol. The zero-order valence-corrected chi connectivity index (χ0v) is 16.0. The van der Waals surface area contributed by atoms with E-state index in [4.69, 9.17) is 0 Å². The number of carboxylic acid groups (broad SMARTS) is 1. The first-order chi connectivity index (χ1) is 14.7. The van der Waals surface area contributed by atoms with Gasteiger partial charge in [-0.1, -0.05) is 0 Å². The molecule has 0 spiro atoms. The molecule has 0 saturated carbocycles. The van der Waals surface area contributed by atoms with Gasteiger partial charge in [0.1, 0.15) is 11.4 Å².